The number of halogens is 1. The summed E-state index contributed by atoms with van der Waals surface area (Å²) < 4.78 is 11.3. The predicted molar refractivity (Wildman–Crippen MR) is 114 cm³/mol. The number of aliphatic hydroxyl groups excluding tert-OH is 1. The number of carbonyl (C=O) groups excluding carboxylic acids is 3. The fraction of sp³-hybridized carbons (Fsp3) is 0.750. The minimum absolute atomic E-state index is 0.0335. The number of β-lactam (4-membered cyclic amide) rings is 1. The lowest BCUT2D eigenvalue weighted by atomic mass is 9.75. The molecule has 0 aromatic rings. The third-order valence-corrected chi connectivity index (χ3v) is 10.9. The summed E-state index contributed by atoms with van der Waals surface area (Å²) in [4.78, 5) is 38.5. The number of amides is 1. The van der Waals surface area contributed by atoms with Crippen LogP contribution in [0.3, 0.4) is 0 Å². The largest absolute Gasteiger partial charge is 0.459 e. The number of carbonyl (C=O) groups is 3. The first-order valence-corrected chi connectivity index (χ1v) is 13.1. The molecular formula is C20H34ClNO6Si. The zero-order valence-electron chi connectivity index (χ0n) is 18.4. The fourth-order valence-electron chi connectivity index (χ4n) is 3.22. The topological polar surface area (TPSA) is 93.1 Å². The molecule has 9 heteroatoms. The molecule has 0 saturated carbocycles. The molecule has 1 aliphatic rings. The average Bonchev–Trinajstić information content (AvgIpc) is 2.61. The van der Waals surface area contributed by atoms with Crippen LogP contribution in [-0.2, 0) is 23.5 Å². The predicted octanol–water partition coefficient (Wildman–Crippen LogP) is 2.72. The van der Waals surface area contributed by atoms with Gasteiger partial charge in [-0.3, -0.25) is 9.59 Å². The zero-order chi connectivity index (χ0) is 22.7. The van der Waals surface area contributed by atoms with Gasteiger partial charge in [-0.25, -0.2) is 4.79 Å². The fourth-order valence-corrected chi connectivity index (χ4v) is 4.94. The molecular weight excluding hydrogens is 414 g/mol. The maximum atomic E-state index is 13.0. The van der Waals surface area contributed by atoms with Gasteiger partial charge in [-0.15, -0.1) is 0 Å². The number of hydrogen-bond donors (Lipinski definition) is 1. The number of hydrogen-bond acceptors (Lipinski definition) is 6. The highest BCUT2D eigenvalue weighted by Crippen LogP contribution is 2.43. The highest BCUT2D eigenvalue weighted by Gasteiger charge is 2.58. The van der Waals surface area contributed by atoms with Crippen molar-refractivity contribution in [3.63, 3.8) is 0 Å². The van der Waals surface area contributed by atoms with Crippen LogP contribution in [0.4, 0.5) is 0 Å². The molecule has 1 aliphatic heterocycles. The Morgan fingerprint density at radius 2 is 1.90 bits per heavy atom. The van der Waals surface area contributed by atoms with Crippen LogP contribution in [0.5, 0.6) is 0 Å². The van der Waals surface area contributed by atoms with Gasteiger partial charge >= 0.3 is 5.97 Å². The first kappa shape index (κ1) is 25.8. The Morgan fingerprint density at radius 3 is 2.34 bits per heavy atom. The van der Waals surface area contributed by atoms with Crippen LogP contribution in [-0.4, -0.2) is 66.8 Å². The van der Waals surface area contributed by atoms with E-state index in [9.17, 15) is 19.5 Å². The quantitative estimate of drug-likeness (QED) is 0.138. The molecule has 0 spiro atoms. The number of ketones is 1. The molecule has 1 heterocycles. The SMILES string of the molecule is C=CCOC(=O)C(Cl)N1C(=O)[C@H]([C@@H](C)O[Si](C)(C)C(C)(C)C)[C@H]1[C@@H](C)C(=O)CO. The van der Waals surface area contributed by atoms with Crippen molar-refractivity contribution in [2.24, 2.45) is 11.8 Å². The number of nitrogens with zero attached hydrogens (tertiary/aromatic N) is 1. The molecule has 5 atom stereocenters. The first-order chi connectivity index (χ1) is 13.2. The van der Waals surface area contributed by atoms with Gasteiger partial charge < -0.3 is 19.2 Å². The second kappa shape index (κ2) is 9.72. The highest BCUT2D eigenvalue weighted by molar-refractivity contribution is 6.74. The van der Waals surface area contributed by atoms with Crippen molar-refractivity contribution >= 4 is 37.6 Å². The normalized spacial score (nSPS) is 23.1. The number of ether oxygens (including phenoxy) is 1. The molecule has 1 N–H and O–H groups in total. The number of alkyl halides is 1. The molecule has 0 aromatic heterocycles. The van der Waals surface area contributed by atoms with Gasteiger partial charge in [0, 0.05) is 5.92 Å². The van der Waals surface area contributed by atoms with Crippen LogP contribution >= 0.6 is 11.6 Å². The summed E-state index contributed by atoms with van der Waals surface area (Å²) in [6.45, 7) is 16.7. The van der Waals surface area contributed by atoms with E-state index in [4.69, 9.17) is 20.8 Å². The Balaban J connectivity index is 3.14. The molecule has 0 bridgehead atoms. The summed E-state index contributed by atoms with van der Waals surface area (Å²) in [5, 5.41) is 9.24. The van der Waals surface area contributed by atoms with Crippen molar-refractivity contribution in [2.75, 3.05) is 13.2 Å². The Morgan fingerprint density at radius 1 is 1.34 bits per heavy atom. The van der Waals surface area contributed by atoms with Crippen molar-refractivity contribution in [2.45, 2.75) is 70.4 Å². The van der Waals surface area contributed by atoms with Crippen LogP contribution in [0.2, 0.25) is 18.1 Å². The molecule has 1 fully saturated rings. The molecule has 0 radical (unpaired) electrons. The van der Waals surface area contributed by atoms with Gasteiger partial charge in [0.05, 0.1) is 18.1 Å². The Hall–Kier alpha value is -1.22. The van der Waals surface area contributed by atoms with Gasteiger partial charge in [-0.2, -0.15) is 0 Å². The van der Waals surface area contributed by atoms with E-state index >= 15 is 0 Å². The molecule has 1 amide bonds. The molecule has 29 heavy (non-hydrogen) atoms. The summed E-state index contributed by atoms with van der Waals surface area (Å²) in [6, 6.07) is -0.666. The minimum Gasteiger partial charge on any atom is -0.459 e. The van der Waals surface area contributed by atoms with Crippen molar-refractivity contribution in [3.8, 4) is 0 Å². The molecule has 0 aromatic carbocycles. The third kappa shape index (κ3) is 5.48. The number of rotatable bonds is 10. The van der Waals surface area contributed by atoms with E-state index in [1.54, 1.807) is 6.92 Å². The standard InChI is InChI=1S/C20H34ClNO6Si/c1-9-10-27-19(26)17(21)22-16(12(2)14(24)11-23)15(18(22)25)13(3)28-29(7,8)20(4,5)6/h9,12-13,15-17,23H,1,10-11H2,2-8H3/t12-,13+,15+,16+,17?/m0/s1. The van der Waals surface area contributed by atoms with Crippen LogP contribution in [0.25, 0.3) is 0 Å². The Labute approximate surface area is 179 Å². The molecule has 1 rings (SSSR count). The monoisotopic (exact) mass is 447 g/mol. The second-order valence-electron chi connectivity index (χ2n) is 9.01. The molecule has 1 unspecified atom stereocenters. The number of Topliss-reactive ketones (excluding diaryl/α,β-unsaturated/α-hetero) is 1. The van der Waals surface area contributed by atoms with E-state index in [1.807, 2.05) is 6.92 Å². The van der Waals surface area contributed by atoms with Gasteiger partial charge in [0.15, 0.2) is 14.1 Å². The van der Waals surface area contributed by atoms with Crippen LogP contribution in [0.1, 0.15) is 34.6 Å². The van der Waals surface area contributed by atoms with Crippen molar-refractivity contribution in [1.82, 2.24) is 4.90 Å². The number of likely N-dealkylation sites (tertiary alicyclic amines) is 1. The summed E-state index contributed by atoms with van der Waals surface area (Å²) in [6.07, 6.45) is 0.930. The van der Waals surface area contributed by atoms with Crippen LogP contribution in [0, 0.1) is 11.8 Å². The van der Waals surface area contributed by atoms with E-state index in [0.29, 0.717) is 0 Å². The maximum Gasteiger partial charge on any atom is 0.344 e. The van der Waals surface area contributed by atoms with Gasteiger partial charge in [0.1, 0.15) is 13.2 Å². The van der Waals surface area contributed by atoms with Crippen LogP contribution in [0.15, 0.2) is 12.7 Å². The average molecular weight is 448 g/mol. The highest BCUT2D eigenvalue weighted by atomic mass is 35.5. The Kier molecular flexibility index (Phi) is 8.65. The van der Waals surface area contributed by atoms with E-state index in [1.165, 1.54) is 11.0 Å². The summed E-state index contributed by atoms with van der Waals surface area (Å²) in [7, 11) is -2.17. The molecule has 166 valence electrons. The number of aliphatic hydroxyl groups is 1. The molecule has 1 saturated heterocycles. The minimum atomic E-state index is -2.17. The smallest absolute Gasteiger partial charge is 0.344 e. The van der Waals surface area contributed by atoms with Gasteiger partial charge in [0.25, 0.3) is 0 Å². The lowest BCUT2D eigenvalue weighted by Crippen LogP contribution is -2.71. The van der Waals surface area contributed by atoms with Crippen molar-refractivity contribution in [3.05, 3.63) is 12.7 Å². The van der Waals surface area contributed by atoms with Crippen molar-refractivity contribution < 1.29 is 28.7 Å². The number of esters is 1. The maximum absolute atomic E-state index is 13.0. The van der Waals surface area contributed by atoms with Crippen LogP contribution < -0.4 is 0 Å². The van der Waals surface area contributed by atoms with E-state index in [-0.39, 0.29) is 17.6 Å². The van der Waals surface area contributed by atoms with E-state index in [2.05, 4.69) is 40.4 Å². The van der Waals surface area contributed by atoms with Gasteiger partial charge in [0.2, 0.25) is 11.4 Å². The van der Waals surface area contributed by atoms with E-state index in [0.717, 1.165) is 0 Å². The lowest BCUT2D eigenvalue weighted by Gasteiger charge is -2.53. The lowest BCUT2D eigenvalue weighted by molar-refractivity contribution is -0.177. The zero-order valence-corrected chi connectivity index (χ0v) is 20.2. The van der Waals surface area contributed by atoms with Crippen molar-refractivity contribution in [1.29, 1.82) is 0 Å². The Bertz CT molecular complexity index is 647. The third-order valence-electron chi connectivity index (χ3n) is 5.98. The van der Waals surface area contributed by atoms with E-state index < -0.39 is 56.2 Å². The summed E-state index contributed by atoms with van der Waals surface area (Å²) in [5.74, 6) is -2.93. The first-order valence-electron chi connectivity index (χ1n) is 9.76. The molecule has 0 aliphatic carbocycles. The molecule has 7 nitrogen and oxygen atoms in total. The summed E-state index contributed by atoms with van der Waals surface area (Å²) >= 11 is 6.22. The van der Waals surface area contributed by atoms with Gasteiger partial charge in [-0.05, 0) is 25.1 Å². The summed E-state index contributed by atoms with van der Waals surface area (Å²) in [5.41, 5.74) is -1.36. The second-order valence-corrected chi connectivity index (χ2v) is 14.2. The van der Waals surface area contributed by atoms with Gasteiger partial charge in [-0.1, -0.05) is 52.0 Å².